The van der Waals surface area contributed by atoms with Crippen molar-refractivity contribution in [2.45, 2.75) is 64.5 Å². The van der Waals surface area contributed by atoms with Crippen molar-refractivity contribution in [1.82, 2.24) is 10.2 Å². The number of rotatable bonds is 7. The summed E-state index contributed by atoms with van der Waals surface area (Å²) in [6, 6.07) is 10.4. The third-order valence-corrected chi connectivity index (χ3v) is 4.87. The van der Waals surface area contributed by atoms with E-state index in [1.807, 2.05) is 0 Å². The second-order valence-electron chi connectivity index (χ2n) is 6.81. The number of likely N-dealkylation sites (N-methyl/N-ethyl adjacent to an activating group) is 2. The predicted molar refractivity (Wildman–Crippen MR) is 91.8 cm³/mol. The van der Waals surface area contributed by atoms with Gasteiger partial charge in [-0.2, -0.15) is 0 Å². The summed E-state index contributed by atoms with van der Waals surface area (Å²) in [4.78, 5) is 2.57. The van der Waals surface area contributed by atoms with Crippen LogP contribution in [0.15, 0.2) is 24.3 Å². The van der Waals surface area contributed by atoms with Crippen LogP contribution in [0.3, 0.4) is 0 Å². The van der Waals surface area contributed by atoms with Crippen molar-refractivity contribution in [1.29, 1.82) is 0 Å². The van der Waals surface area contributed by atoms with Crippen LogP contribution < -0.4 is 5.32 Å². The standard InChI is InChI=1S/C19H32N2/c1-5-20-19(14-21(4)18-8-6-7-9-18)17-12-10-16(11-13-17)15(2)3/h10-13,15,18-20H,5-9,14H2,1-4H3. The van der Waals surface area contributed by atoms with Gasteiger partial charge in [-0.1, -0.05) is 57.9 Å². The van der Waals surface area contributed by atoms with Gasteiger partial charge in [0.2, 0.25) is 0 Å². The van der Waals surface area contributed by atoms with E-state index < -0.39 is 0 Å². The molecule has 2 heteroatoms. The summed E-state index contributed by atoms with van der Waals surface area (Å²) in [7, 11) is 2.29. The summed E-state index contributed by atoms with van der Waals surface area (Å²) >= 11 is 0. The van der Waals surface area contributed by atoms with Crippen LogP contribution in [-0.4, -0.2) is 31.1 Å². The van der Waals surface area contributed by atoms with Crippen molar-refractivity contribution in [2.24, 2.45) is 0 Å². The molecule has 2 rings (SSSR count). The Bertz CT molecular complexity index is 404. The zero-order valence-corrected chi connectivity index (χ0v) is 14.2. The van der Waals surface area contributed by atoms with Crippen molar-refractivity contribution < 1.29 is 0 Å². The van der Waals surface area contributed by atoms with Crippen LogP contribution in [0.5, 0.6) is 0 Å². The normalized spacial score (nSPS) is 17.8. The SMILES string of the molecule is CCNC(CN(C)C1CCCC1)c1ccc(C(C)C)cc1. The van der Waals surface area contributed by atoms with Crippen LogP contribution in [0.1, 0.15) is 69.5 Å². The molecule has 1 fully saturated rings. The zero-order chi connectivity index (χ0) is 15.2. The number of hydrogen-bond donors (Lipinski definition) is 1. The van der Waals surface area contributed by atoms with Gasteiger partial charge in [-0.25, -0.2) is 0 Å². The molecule has 1 unspecified atom stereocenters. The average molecular weight is 288 g/mol. The van der Waals surface area contributed by atoms with Crippen LogP contribution in [0.4, 0.5) is 0 Å². The second-order valence-corrected chi connectivity index (χ2v) is 6.81. The quantitative estimate of drug-likeness (QED) is 0.803. The smallest absolute Gasteiger partial charge is 0.0449 e. The Balaban J connectivity index is 2.03. The monoisotopic (exact) mass is 288 g/mol. The summed E-state index contributed by atoms with van der Waals surface area (Å²) in [6.45, 7) is 8.84. The zero-order valence-electron chi connectivity index (χ0n) is 14.2. The molecule has 1 N–H and O–H groups in total. The topological polar surface area (TPSA) is 15.3 Å². The number of benzene rings is 1. The lowest BCUT2D eigenvalue weighted by Gasteiger charge is -2.29. The van der Waals surface area contributed by atoms with Crippen molar-refractivity contribution in [3.63, 3.8) is 0 Å². The Morgan fingerprint density at radius 3 is 2.19 bits per heavy atom. The summed E-state index contributed by atoms with van der Waals surface area (Å²) < 4.78 is 0. The van der Waals surface area contributed by atoms with Crippen LogP contribution in [0.25, 0.3) is 0 Å². The largest absolute Gasteiger partial charge is 0.309 e. The fourth-order valence-corrected chi connectivity index (χ4v) is 3.43. The number of hydrogen-bond acceptors (Lipinski definition) is 2. The van der Waals surface area contributed by atoms with E-state index in [9.17, 15) is 0 Å². The van der Waals surface area contributed by atoms with Crippen molar-refractivity contribution in [2.75, 3.05) is 20.1 Å². The molecular formula is C19H32N2. The molecule has 0 bridgehead atoms. The van der Waals surface area contributed by atoms with E-state index in [-0.39, 0.29) is 0 Å². The molecule has 1 aromatic carbocycles. The molecule has 2 nitrogen and oxygen atoms in total. The fourth-order valence-electron chi connectivity index (χ4n) is 3.43. The summed E-state index contributed by atoms with van der Waals surface area (Å²) in [5.41, 5.74) is 2.85. The lowest BCUT2D eigenvalue weighted by molar-refractivity contribution is 0.220. The summed E-state index contributed by atoms with van der Waals surface area (Å²) in [5, 5.41) is 3.66. The maximum Gasteiger partial charge on any atom is 0.0449 e. The highest BCUT2D eigenvalue weighted by atomic mass is 15.2. The van der Waals surface area contributed by atoms with Gasteiger partial charge < -0.3 is 10.2 Å². The average Bonchev–Trinajstić information content (AvgIpc) is 3.01. The van der Waals surface area contributed by atoms with Gasteiger partial charge >= 0.3 is 0 Å². The van der Waals surface area contributed by atoms with Crippen LogP contribution in [-0.2, 0) is 0 Å². The minimum absolute atomic E-state index is 0.446. The Labute approximate surface area is 130 Å². The Hall–Kier alpha value is -0.860. The molecule has 21 heavy (non-hydrogen) atoms. The van der Waals surface area contributed by atoms with Gasteiger partial charge in [0.1, 0.15) is 0 Å². The highest BCUT2D eigenvalue weighted by Gasteiger charge is 2.22. The van der Waals surface area contributed by atoms with Gasteiger partial charge in [0.25, 0.3) is 0 Å². The lowest BCUT2D eigenvalue weighted by Crippen LogP contribution is -2.37. The number of nitrogens with zero attached hydrogens (tertiary/aromatic N) is 1. The molecule has 0 aromatic heterocycles. The first kappa shape index (κ1) is 16.5. The molecule has 0 saturated heterocycles. The molecule has 0 spiro atoms. The van der Waals surface area contributed by atoms with E-state index in [1.54, 1.807) is 0 Å². The van der Waals surface area contributed by atoms with Gasteiger partial charge in [0, 0.05) is 18.6 Å². The third-order valence-electron chi connectivity index (χ3n) is 4.87. The van der Waals surface area contributed by atoms with Gasteiger partial charge in [-0.15, -0.1) is 0 Å². The molecule has 1 aliphatic rings. The molecule has 118 valence electrons. The van der Waals surface area contributed by atoms with E-state index in [2.05, 4.69) is 62.3 Å². The van der Waals surface area contributed by atoms with Crippen LogP contribution in [0, 0.1) is 0 Å². The fraction of sp³-hybridized carbons (Fsp3) is 0.684. The van der Waals surface area contributed by atoms with E-state index in [4.69, 9.17) is 0 Å². The first-order chi connectivity index (χ1) is 10.1. The minimum atomic E-state index is 0.446. The van der Waals surface area contributed by atoms with Crippen LogP contribution >= 0.6 is 0 Å². The molecular weight excluding hydrogens is 256 g/mol. The molecule has 1 aliphatic carbocycles. The van der Waals surface area contributed by atoms with E-state index in [1.165, 1.54) is 36.8 Å². The van der Waals surface area contributed by atoms with E-state index in [0.717, 1.165) is 19.1 Å². The molecule has 1 aromatic rings. The molecule has 0 radical (unpaired) electrons. The van der Waals surface area contributed by atoms with Gasteiger partial charge in [-0.05, 0) is 43.5 Å². The first-order valence-corrected chi connectivity index (χ1v) is 8.65. The predicted octanol–water partition coefficient (Wildman–Crippen LogP) is 4.34. The maximum absolute atomic E-state index is 3.66. The van der Waals surface area contributed by atoms with Crippen molar-refractivity contribution in [3.05, 3.63) is 35.4 Å². The van der Waals surface area contributed by atoms with Gasteiger partial charge in [-0.3, -0.25) is 0 Å². The first-order valence-electron chi connectivity index (χ1n) is 8.65. The summed E-state index contributed by atoms with van der Waals surface area (Å²) in [5.74, 6) is 0.609. The van der Waals surface area contributed by atoms with Crippen molar-refractivity contribution >= 4 is 0 Å². The van der Waals surface area contributed by atoms with Gasteiger partial charge in [0.15, 0.2) is 0 Å². The molecule has 1 atom stereocenters. The summed E-state index contributed by atoms with van der Waals surface area (Å²) in [6.07, 6.45) is 5.57. The lowest BCUT2D eigenvalue weighted by atomic mass is 9.98. The van der Waals surface area contributed by atoms with Crippen LogP contribution in [0.2, 0.25) is 0 Å². The second kappa shape index (κ2) is 7.95. The molecule has 1 saturated carbocycles. The maximum atomic E-state index is 3.66. The molecule has 0 heterocycles. The molecule has 0 amide bonds. The van der Waals surface area contributed by atoms with Gasteiger partial charge in [0.05, 0.1) is 0 Å². The van der Waals surface area contributed by atoms with Crippen molar-refractivity contribution in [3.8, 4) is 0 Å². The minimum Gasteiger partial charge on any atom is -0.309 e. The van der Waals surface area contributed by atoms with E-state index in [0.29, 0.717) is 12.0 Å². The Kier molecular flexibility index (Phi) is 6.25. The Morgan fingerprint density at radius 1 is 1.10 bits per heavy atom. The highest BCUT2D eigenvalue weighted by molar-refractivity contribution is 5.27. The Morgan fingerprint density at radius 2 is 1.67 bits per heavy atom. The molecule has 0 aliphatic heterocycles. The van der Waals surface area contributed by atoms with E-state index >= 15 is 0 Å². The number of nitrogens with one attached hydrogen (secondary N) is 1. The third kappa shape index (κ3) is 4.55. The highest BCUT2D eigenvalue weighted by Crippen LogP contribution is 2.25.